The average molecular weight is 292 g/mol. The molecule has 0 radical (unpaired) electrons. The van der Waals surface area contributed by atoms with Crippen molar-refractivity contribution >= 4 is 23.4 Å². The van der Waals surface area contributed by atoms with Crippen LogP contribution in [0.3, 0.4) is 0 Å². The van der Waals surface area contributed by atoms with Crippen molar-refractivity contribution in [3.8, 4) is 0 Å². The summed E-state index contributed by atoms with van der Waals surface area (Å²) in [6.45, 7) is 1.96. The van der Waals surface area contributed by atoms with Gasteiger partial charge in [0.25, 0.3) is 0 Å². The van der Waals surface area contributed by atoms with Gasteiger partial charge in [-0.25, -0.2) is 0 Å². The number of nitrogens with one attached hydrogen (secondary N) is 1. The van der Waals surface area contributed by atoms with Gasteiger partial charge in [0.1, 0.15) is 0 Å². The topological polar surface area (TPSA) is 73.0 Å². The Kier molecular flexibility index (Phi) is 4.29. The molecule has 1 atom stereocenters. The molecule has 1 aromatic carbocycles. The lowest BCUT2D eigenvalue weighted by molar-refractivity contribution is -0.388. The summed E-state index contributed by atoms with van der Waals surface area (Å²) in [6.07, 6.45) is 3.46. The van der Waals surface area contributed by atoms with Crippen molar-refractivity contribution in [3.05, 3.63) is 46.3 Å². The van der Waals surface area contributed by atoms with Gasteiger partial charge in [-0.05, 0) is 40.8 Å². The highest BCUT2D eigenvalue weighted by Crippen LogP contribution is 2.27. The molecule has 7 heteroatoms. The molecule has 0 spiro atoms. The maximum Gasteiger partial charge on any atom is 0.406 e. The Morgan fingerprint density at radius 2 is 2.05 bits per heavy atom. The second kappa shape index (κ2) is 5.96. The predicted octanol–water partition coefficient (Wildman–Crippen LogP) is 3.22. The number of nitrogens with zero attached hydrogens (tertiary/aromatic N) is 3. The predicted molar refractivity (Wildman–Crippen MR) is 80.1 cm³/mol. The maximum absolute atomic E-state index is 10.9. The molecule has 1 N–H and O–H groups in total. The van der Waals surface area contributed by atoms with Crippen molar-refractivity contribution < 1.29 is 4.92 Å². The molecule has 2 aromatic rings. The van der Waals surface area contributed by atoms with E-state index < -0.39 is 4.92 Å². The zero-order valence-corrected chi connectivity index (χ0v) is 12.3. The van der Waals surface area contributed by atoms with Crippen molar-refractivity contribution in [2.75, 3.05) is 11.6 Å². The van der Waals surface area contributed by atoms with E-state index >= 15 is 0 Å². The Balaban J connectivity index is 2.20. The van der Waals surface area contributed by atoms with Crippen LogP contribution in [0.25, 0.3) is 0 Å². The number of imidazole rings is 1. The number of hydrogen-bond acceptors (Lipinski definition) is 5. The van der Waals surface area contributed by atoms with Crippen molar-refractivity contribution in [1.29, 1.82) is 0 Å². The van der Waals surface area contributed by atoms with Crippen molar-refractivity contribution in [3.63, 3.8) is 0 Å². The van der Waals surface area contributed by atoms with E-state index in [9.17, 15) is 10.1 Å². The lowest BCUT2D eigenvalue weighted by Crippen LogP contribution is -2.10. The highest BCUT2D eigenvalue weighted by molar-refractivity contribution is 7.98. The zero-order valence-electron chi connectivity index (χ0n) is 11.5. The fourth-order valence-corrected chi connectivity index (χ4v) is 2.31. The fourth-order valence-electron chi connectivity index (χ4n) is 1.90. The average Bonchev–Trinajstić information content (AvgIpc) is 2.80. The molecular formula is C13H16N4O2S. The van der Waals surface area contributed by atoms with Gasteiger partial charge in [-0.2, -0.15) is 0 Å². The van der Waals surface area contributed by atoms with E-state index in [1.54, 1.807) is 23.4 Å². The molecule has 0 saturated heterocycles. The van der Waals surface area contributed by atoms with Crippen LogP contribution in [0.2, 0.25) is 0 Å². The molecule has 1 heterocycles. The van der Waals surface area contributed by atoms with Gasteiger partial charge in [-0.3, -0.25) is 4.57 Å². The van der Waals surface area contributed by atoms with Crippen molar-refractivity contribution in [2.24, 2.45) is 7.05 Å². The van der Waals surface area contributed by atoms with Crippen LogP contribution in [0.5, 0.6) is 0 Å². The van der Waals surface area contributed by atoms with Gasteiger partial charge < -0.3 is 15.4 Å². The SMILES string of the molecule is CSc1ccc([C@@H](C)Nc2c([N+](=O)[O-])ncn2C)cc1. The lowest BCUT2D eigenvalue weighted by atomic mass is 10.1. The smallest absolute Gasteiger partial charge is 0.358 e. The lowest BCUT2D eigenvalue weighted by Gasteiger charge is -2.15. The molecule has 0 saturated carbocycles. The van der Waals surface area contributed by atoms with Gasteiger partial charge in [-0.1, -0.05) is 12.1 Å². The van der Waals surface area contributed by atoms with Gasteiger partial charge in [0.05, 0.1) is 6.04 Å². The summed E-state index contributed by atoms with van der Waals surface area (Å²) >= 11 is 1.68. The standard InChI is InChI=1S/C13H16N4O2S/c1-9(10-4-6-11(20-3)7-5-10)15-13-12(17(18)19)14-8-16(13)2/h4-9,15H,1-3H3/t9-/m1/s1. The molecule has 2 rings (SSSR count). The third-order valence-electron chi connectivity index (χ3n) is 3.06. The Morgan fingerprint density at radius 3 is 2.60 bits per heavy atom. The van der Waals surface area contributed by atoms with Gasteiger partial charge in [0, 0.05) is 11.9 Å². The first kappa shape index (κ1) is 14.4. The van der Waals surface area contributed by atoms with Crippen LogP contribution in [-0.2, 0) is 7.05 Å². The van der Waals surface area contributed by atoms with Crippen LogP contribution in [0.1, 0.15) is 18.5 Å². The fraction of sp³-hybridized carbons (Fsp3) is 0.308. The number of nitro groups is 1. The molecule has 0 aliphatic carbocycles. The molecule has 0 bridgehead atoms. The van der Waals surface area contributed by atoms with E-state index in [2.05, 4.69) is 10.3 Å². The Morgan fingerprint density at radius 1 is 1.40 bits per heavy atom. The molecule has 0 fully saturated rings. The van der Waals surface area contributed by atoms with E-state index in [4.69, 9.17) is 0 Å². The molecule has 20 heavy (non-hydrogen) atoms. The van der Waals surface area contributed by atoms with Crippen molar-refractivity contribution in [1.82, 2.24) is 9.55 Å². The molecule has 1 aromatic heterocycles. The summed E-state index contributed by atoms with van der Waals surface area (Å²) in [6, 6.07) is 8.07. The molecule has 6 nitrogen and oxygen atoms in total. The van der Waals surface area contributed by atoms with Crippen molar-refractivity contribution in [2.45, 2.75) is 17.9 Å². The van der Waals surface area contributed by atoms with Crippen LogP contribution in [0, 0.1) is 10.1 Å². The molecule has 0 aliphatic heterocycles. The highest BCUT2D eigenvalue weighted by Gasteiger charge is 2.21. The van der Waals surface area contributed by atoms with Gasteiger partial charge in [0.2, 0.25) is 12.1 Å². The third-order valence-corrected chi connectivity index (χ3v) is 3.80. The maximum atomic E-state index is 10.9. The van der Waals surface area contributed by atoms with E-state index in [0.29, 0.717) is 5.82 Å². The van der Waals surface area contributed by atoms with E-state index in [1.165, 1.54) is 11.2 Å². The summed E-state index contributed by atoms with van der Waals surface area (Å²) in [4.78, 5) is 15.4. The molecular weight excluding hydrogens is 276 g/mol. The van der Waals surface area contributed by atoms with Crippen LogP contribution in [0.15, 0.2) is 35.5 Å². The second-order valence-corrected chi connectivity index (χ2v) is 5.30. The molecule has 0 aliphatic rings. The first-order valence-corrected chi connectivity index (χ1v) is 7.31. The number of thioether (sulfide) groups is 1. The summed E-state index contributed by atoms with van der Waals surface area (Å²) < 4.78 is 1.62. The van der Waals surface area contributed by atoms with Crippen LogP contribution in [-0.4, -0.2) is 20.7 Å². The van der Waals surface area contributed by atoms with Crippen LogP contribution < -0.4 is 5.32 Å². The second-order valence-electron chi connectivity index (χ2n) is 4.42. The zero-order chi connectivity index (χ0) is 14.7. The first-order chi connectivity index (χ1) is 9.52. The van der Waals surface area contributed by atoms with Gasteiger partial charge in [0.15, 0.2) is 0 Å². The van der Waals surface area contributed by atoms with E-state index in [0.717, 1.165) is 5.56 Å². The largest absolute Gasteiger partial charge is 0.406 e. The number of rotatable bonds is 5. The first-order valence-electron chi connectivity index (χ1n) is 6.09. The Hall–Kier alpha value is -2.02. The number of aromatic nitrogens is 2. The summed E-state index contributed by atoms with van der Waals surface area (Å²) in [7, 11) is 1.73. The summed E-state index contributed by atoms with van der Waals surface area (Å²) in [5.74, 6) is 0.261. The molecule has 106 valence electrons. The quantitative estimate of drug-likeness (QED) is 0.520. The number of hydrogen-bond donors (Lipinski definition) is 1. The number of anilines is 1. The highest BCUT2D eigenvalue weighted by atomic mass is 32.2. The Labute approximate surface area is 121 Å². The van der Waals surface area contributed by atoms with Crippen LogP contribution in [0.4, 0.5) is 11.6 Å². The third kappa shape index (κ3) is 2.93. The van der Waals surface area contributed by atoms with E-state index in [-0.39, 0.29) is 11.9 Å². The molecule has 0 amide bonds. The normalized spacial score (nSPS) is 12.2. The monoisotopic (exact) mass is 292 g/mol. The summed E-state index contributed by atoms with van der Waals surface area (Å²) in [5.41, 5.74) is 1.07. The van der Waals surface area contributed by atoms with Gasteiger partial charge >= 0.3 is 5.82 Å². The van der Waals surface area contributed by atoms with Gasteiger partial charge in [-0.15, -0.1) is 11.8 Å². The van der Waals surface area contributed by atoms with E-state index in [1.807, 2.05) is 37.4 Å². The summed E-state index contributed by atoms with van der Waals surface area (Å²) in [5, 5.41) is 14.1. The minimum Gasteiger partial charge on any atom is -0.358 e. The minimum atomic E-state index is -0.480. The molecule has 0 unspecified atom stereocenters. The number of benzene rings is 1. The minimum absolute atomic E-state index is 0.0417. The Bertz CT molecular complexity index is 609. The van der Waals surface area contributed by atoms with Crippen LogP contribution >= 0.6 is 11.8 Å². The number of aryl methyl sites for hydroxylation is 1.